The number of aromatic nitrogens is 4. The largest absolute Gasteiger partial charge is 0.466 e. The van der Waals surface area contributed by atoms with Gasteiger partial charge in [-0.3, -0.25) is 9.59 Å². The first-order valence-corrected chi connectivity index (χ1v) is 7.90. The smallest absolute Gasteiger partial charge is 0.307 e. The van der Waals surface area contributed by atoms with E-state index in [1.165, 1.54) is 16.7 Å². The van der Waals surface area contributed by atoms with Gasteiger partial charge in [-0.15, -0.1) is 5.10 Å². The van der Waals surface area contributed by atoms with Crippen molar-refractivity contribution in [2.45, 2.75) is 37.4 Å². The van der Waals surface area contributed by atoms with E-state index in [1.54, 1.807) is 18.7 Å². The summed E-state index contributed by atoms with van der Waals surface area (Å²) in [5.41, 5.74) is 0. The summed E-state index contributed by atoms with van der Waals surface area (Å²) >= 11 is 1.32. The number of thioether (sulfide) groups is 1. The summed E-state index contributed by atoms with van der Waals surface area (Å²) < 4.78 is 6.60. The number of tetrazole rings is 1. The quantitative estimate of drug-likeness (QED) is 0.510. The van der Waals surface area contributed by atoms with Crippen molar-refractivity contribution in [1.29, 1.82) is 0 Å². The maximum atomic E-state index is 12.0. The fourth-order valence-electron chi connectivity index (χ4n) is 1.68. The highest BCUT2D eigenvalue weighted by atomic mass is 32.2. The first-order chi connectivity index (χ1) is 10.1. The van der Waals surface area contributed by atoms with E-state index >= 15 is 0 Å². The highest BCUT2D eigenvalue weighted by Gasteiger charge is 2.28. The fourth-order valence-corrected chi connectivity index (χ4v) is 2.57. The summed E-state index contributed by atoms with van der Waals surface area (Å²) in [5.74, 6) is -0.0935. The molecule has 1 amide bonds. The lowest BCUT2D eigenvalue weighted by molar-refractivity contribution is -0.143. The Balaban J connectivity index is 1.73. The van der Waals surface area contributed by atoms with E-state index in [-0.39, 0.29) is 24.1 Å². The zero-order valence-corrected chi connectivity index (χ0v) is 13.0. The number of nitrogens with zero attached hydrogens (tertiary/aromatic N) is 5. The second kappa shape index (κ2) is 7.39. The average Bonchev–Trinajstić information content (AvgIpc) is 3.21. The molecule has 8 nitrogen and oxygen atoms in total. The van der Waals surface area contributed by atoms with Crippen LogP contribution in [-0.4, -0.2) is 62.9 Å². The topological polar surface area (TPSA) is 90.2 Å². The maximum Gasteiger partial charge on any atom is 0.307 e. The van der Waals surface area contributed by atoms with Crippen LogP contribution in [-0.2, 0) is 14.3 Å². The molecule has 1 heterocycles. The lowest BCUT2D eigenvalue weighted by Gasteiger charge is -2.16. The highest BCUT2D eigenvalue weighted by molar-refractivity contribution is 7.99. The Morgan fingerprint density at radius 3 is 2.90 bits per heavy atom. The molecule has 1 aliphatic rings. The van der Waals surface area contributed by atoms with Crippen LogP contribution in [0.4, 0.5) is 0 Å². The maximum absolute atomic E-state index is 12.0. The monoisotopic (exact) mass is 313 g/mol. The molecule has 0 spiro atoms. The van der Waals surface area contributed by atoms with Crippen molar-refractivity contribution in [2.75, 3.05) is 26.0 Å². The lowest BCUT2D eigenvalue weighted by Crippen LogP contribution is -2.30. The van der Waals surface area contributed by atoms with Gasteiger partial charge < -0.3 is 9.64 Å². The van der Waals surface area contributed by atoms with Crippen LogP contribution in [0.5, 0.6) is 0 Å². The first kappa shape index (κ1) is 15.7. The molecule has 1 fully saturated rings. The molecule has 1 aromatic rings. The van der Waals surface area contributed by atoms with Crippen molar-refractivity contribution in [3.8, 4) is 0 Å². The number of hydrogen-bond acceptors (Lipinski definition) is 7. The Morgan fingerprint density at radius 2 is 2.24 bits per heavy atom. The normalized spacial score (nSPS) is 14.0. The third-order valence-corrected chi connectivity index (χ3v) is 3.98. The van der Waals surface area contributed by atoms with Crippen LogP contribution in [0.3, 0.4) is 0 Å². The van der Waals surface area contributed by atoms with E-state index in [2.05, 4.69) is 15.5 Å². The van der Waals surface area contributed by atoms with Gasteiger partial charge in [0.25, 0.3) is 0 Å². The van der Waals surface area contributed by atoms with Crippen LogP contribution in [0.25, 0.3) is 0 Å². The summed E-state index contributed by atoms with van der Waals surface area (Å²) in [4.78, 5) is 24.7. The Hall–Kier alpha value is -1.64. The lowest BCUT2D eigenvalue weighted by atomic mass is 10.4. The standard InChI is InChI=1S/C12H19N5O3S/c1-3-20-11(19)6-7-16(2)10(18)8-21-12-13-14-15-17(12)9-4-5-9/h9H,3-8H2,1-2H3. The molecule has 116 valence electrons. The summed E-state index contributed by atoms with van der Waals surface area (Å²) in [6.07, 6.45) is 2.39. The molecule has 0 saturated heterocycles. The summed E-state index contributed by atoms with van der Waals surface area (Å²) in [7, 11) is 1.67. The third-order valence-electron chi connectivity index (χ3n) is 3.06. The van der Waals surface area contributed by atoms with Crippen molar-refractivity contribution in [2.24, 2.45) is 0 Å². The van der Waals surface area contributed by atoms with Gasteiger partial charge >= 0.3 is 5.97 Å². The van der Waals surface area contributed by atoms with Crippen molar-refractivity contribution in [1.82, 2.24) is 25.1 Å². The zero-order chi connectivity index (χ0) is 15.2. The second-order valence-corrected chi connectivity index (χ2v) is 5.74. The Kier molecular flexibility index (Phi) is 5.54. The van der Waals surface area contributed by atoms with Gasteiger partial charge in [0.1, 0.15) is 0 Å². The van der Waals surface area contributed by atoms with Crippen LogP contribution in [0.15, 0.2) is 5.16 Å². The van der Waals surface area contributed by atoms with E-state index in [0.29, 0.717) is 24.3 Å². The molecule has 1 saturated carbocycles. The molecular weight excluding hydrogens is 294 g/mol. The average molecular weight is 313 g/mol. The highest BCUT2D eigenvalue weighted by Crippen LogP contribution is 2.36. The van der Waals surface area contributed by atoms with Crippen LogP contribution >= 0.6 is 11.8 Å². The molecule has 0 aliphatic heterocycles. The molecule has 1 aromatic heterocycles. The van der Waals surface area contributed by atoms with E-state index < -0.39 is 0 Å². The molecule has 0 unspecified atom stereocenters. The molecule has 0 radical (unpaired) electrons. The number of rotatable bonds is 8. The van der Waals surface area contributed by atoms with Gasteiger partial charge in [0, 0.05) is 13.6 Å². The van der Waals surface area contributed by atoms with Gasteiger partial charge in [-0.1, -0.05) is 11.8 Å². The summed E-state index contributed by atoms with van der Waals surface area (Å²) in [6, 6.07) is 0.388. The van der Waals surface area contributed by atoms with Crippen LogP contribution in [0.2, 0.25) is 0 Å². The molecular formula is C12H19N5O3S. The van der Waals surface area contributed by atoms with Crippen LogP contribution in [0, 0.1) is 0 Å². The van der Waals surface area contributed by atoms with E-state index in [4.69, 9.17) is 4.74 Å². The Bertz CT molecular complexity index is 503. The molecule has 0 N–H and O–H groups in total. The van der Waals surface area contributed by atoms with Gasteiger partial charge in [0.15, 0.2) is 0 Å². The number of esters is 1. The minimum atomic E-state index is -0.289. The molecule has 1 aliphatic carbocycles. The number of carbonyl (C=O) groups excluding carboxylic acids is 2. The van der Waals surface area contributed by atoms with Crippen molar-refractivity contribution >= 4 is 23.6 Å². The number of ether oxygens (including phenoxy) is 1. The molecule has 21 heavy (non-hydrogen) atoms. The van der Waals surface area contributed by atoms with Crippen molar-refractivity contribution in [3.63, 3.8) is 0 Å². The predicted molar refractivity (Wildman–Crippen MR) is 75.7 cm³/mol. The Labute approximate surface area is 127 Å². The van der Waals surface area contributed by atoms with Gasteiger partial charge in [0.2, 0.25) is 11.1 Å². The van der Waals surface area contributed by atoms with E-state index in [1.807, 2.05) is 0 Å². The van der Waals surface area contributed by atoms with E-state index in [0.717, 1.165) is 12.8 Å². The molecule has 0 atom stereocenters. The summed E-state index contributed by atoms with van der Waals surface area (Å²) in [5, 5.41) is 12.2. The van der Waals surface area contributed by atoms with Gasteiger partial charge in [-0.25, -0.2) is 4.68 Å². The van der Waals surface area contributed by atoms with Crippen molar-refractivity contribution in [3.05, 3.63) is 0 Å². The molecule has 9 heteroatoms. The minimum absolute atomic E-state index is 0.0605. The van der Waals surface area contributed by atoms with Crippen LogP contribution < -0.4 is 0 Å². The second-order valence-electron chi connectivity index (χ2n) is 4.80. The predicted octanol–water partition coefficient (Wildman–Crippen LogP) is 0.512. The number of hydrogen-bond donors (Lipinski definition) is 0. The molecule has 0 aromatic carbocycles. The van der Waals surface area contributed by atoms with Crippen LogP contribution in [0.1, 0.15) is 32.2 Å². The van der Waals surface area contributed by atoms with Gasteiger partial charge in [0.05, 0.1) is 24.8 Å². The molecule has 2 rings (SSSR count). The molecule has 0 bridgehead atoms. The first-order valence-electron chi connectivity index (χ1n) is 6.92. The van der Waals surface area contributed by atoms with E-state index in [9.17, 15) is 9.59 Å². The van der Waals surface area contributed by atoms with Crippen molar-refractivity contribution < 1.29 is 14.3 Å². The van der Waals surface area contributed by atoms with Gasteiger partial charge in [-0.05, 0) is 30.2 Å². The fraction of sp³-hybridized carbons (Fsp3) is 0.750. The number of amides is 1. The minimum Gasteiger partial charge on any atom is -0.466 e. The number of carbonyl (C=O) groups is 2. The summed E-state index contributed by atoms with van der Waals surface area (Å²) in [6.45, 7) is 2.47. The Morgan fingerprint density at radius 1 is 1.48 bits per heavy atom. The SMILES string of the molecule is CCOC(=O)CCN(C)C(=O)CSc1nnnn1C1CC1. The zero-order valence-electron chi connectivity index (χ0n) is 12.2. The third kappa shape index (κ3) is 4.69. The van der Waals surface area contributed by atoms with Gasteiger partial charge in [-0.2, -0.15) is 0 Å².